The molecule has 5 nitrogen and oxygen atoms in total. The Labute approximate surface area is 251 Å². The van der Waals surface area contributed by atoms with Crippen molar-refractivity contribution in [3.63, 3.8) is 0 Å². The third kappa shape index (κ3) is 6.55. The molecule has 41 heavy (non-hydrogen) atoms. The Morgan fingerprint density at radius 2 is 1.49 bits per heavy atom. The first-order valence-corrected chi connectivity index (χ1v) is 14.8. The number of halogens is 1. The van der Waals surface area contributed by atoms with Crippen LogP contribution in [0.15, 0.2) is 102 Å². The first-order chi connectivity index (χ1) is 19.6. The molecule has 0 aliphatic rings. The number of nitrogens with one attached hydrogen (secondary N) is 1. The highest BCUT2D eigenvalue weighted by Gasteiger charge is 2.27. The molecule has 0 saturated heterocycles. The molecule has 0 radical (unpaired) electrons. The minimum atomic E-state index is -0.585. The van der Waals surface area contributed by atoms with Crippen molar-refractivity contribution < 1.29 is 4.79 Å². The summed E-state index contributed by atoms with van der Waals surface area (Å²) in [5.41, 5.74) is 6.72. The van der Waals surface area contributed by atoms with Crippen molar-refractivity contribution in [2.75, 3.05) is 5.32 Å². The number of carbonyl (C=O) groups excluding carboxylic acids is 1. The molecule has 5 rings (SSSR count). The van der Waals surface area contributed by atoms with Crippen molar-refractivity contribution in [2.45, 2.75) is 50.4 Å². The first kappa shape index (κ1) is 28.7. The van der Waals surface area contributed by atoms with E-state index in [2.05, 4.69) is 66.6 Å². The van der Waals surface area contributed by atoms with Gasteiger partial charge >= 0.3 is 0 Å². The second kappa shape index (κ2) is 11.9. The van der Waals surface area contributed by atoms with Crippen LogP contribution >= 0.6 is 23.4 Å². The zero-order valence-corrected chi connectivity index (χ0v) is 25.4. The number of thioether (sulfide) groups is 1. The SMILES string of the molecule is Cc1cc(C)cc(NC(=O)C(Sc2nnc(-c3ccc(C(C)(C)C)cc3)n2-c2ccccc2Cl)c2ccccc2)c1. The van der Waals surface area contributed by atoms with Crippen molar-refractivity contribution >= 4 is 35.0 Å². The van der Waals surface area contributed by atoms with Gasteiger partial charge in [0.05, 0.1) is 10.7 Å². The lowest BCUT2D eigenvalue weighted by molar-refractivity contribution is -0.115. The van der Waals surface area contributed by atoms with Crippen LogP contribution in [-0.2, 0) is 10.2 Å². The van der Waals surface area contributed by atoms with Gasteiger partial charge in [-0.3, -0.25) is 9.36 Å². The summed E-state index contributed by atoms with van der Waals surface area (Å²) in [5.74, 6) is 0.513. The predicted molar refractivity (Wildman–Crippen MR) is 170 cm³/mol. The molecule has 1 atom stereocenters. The number of benzene rings is 4. The molecule has 0 bridgehead atoms. The minimum Gasteiger partial charge on any atom is -0.325 e. The third-order valence-electron chi connectivity index (χ3n) is 6.79. The molecule has 208 valence electrons. The van der Waals surface area contributed by atoms with E-state index in [0.29, 0.717) is 16.0 Å². The molecular weight excluding hydrogens is 548 g/mol. The zero-order chi connectivity index (χ0) is 29.1. The van der Waals surface area contributed by atoms with Crippen LogP contribution in [-0.4, -0.2) is 20.7 Å². The molecule has 1 N–H and O–H groups in total. The van der Waals surface area contributed by atoms with Gasteiger partial charge in [-0.2, -0.15) is 0 Å². The van der Waals surface area contributed by atoms with E-state index in [1.165, 1.54) is 17.3 Å². The Kier molecular flexibility index (Phi) is 8.34. The van der Waals surface area contributed by atoms with Crippen molar-refractivity contribution in [1.29, 1.82) is 0 Å². The average molecular weight is 581 g/mol. The summed E-state index contributed by atoms with van der Waals surface area (Å²) in [6.45, 7) is 10.6. The summed E-state index contributed by atoms with van der Waals surface area (Å²) >= 11 is 8.07. The smallest absolute Gasteiger partial charge is 0.242 e. The molecule has 0 fully saturated rings. The number of nitrogens with zero attached hydrogens (tertiary/aromatic N) is 3. The van der Waals surface area contributed by atoms with Crippen LogP contribution in [0.25, 0.3) is 17.1 Å². The minimum absolute atomic E-state index is 0.0298. The molecule has 1 unspecified atom stereocenters. The van der Waals surface area contributed by atoms with Gasteiger partial charge in [0, 0.05) is 11.3 Å². The molecule has 0 aliphatic carbocycles. The predicted octanol–water partition coefficient (Wildman–Crippen LogP) is 8.97. The highest BCUT2D eigenvalue weighted by atomic mass is 35.5. The fourth-order valence-electron chi connectivity index (χ4n) is 4.76. The van der Waals surface area contributed by atoms with E-state index in [1.54, 1.807) is 0 Å². The highest BCUT2D eigenvalue weighted by Crippen LogP contribution is 2.39. The van der Waals surface area contributed by atoms with Gasteiger partial charge in [0.1, 0.15) is 5.25 Å². The summed E-state index contributed by atoms with van der Waals surface area (Å²) in [4.78, 5) is 13.8. The monoisotopic (exact) mass is 580 g/mol. The summed E-state index contributed by atoms with van der Waals surface area (Å²) in [7, 11) is 0. The number of aromatic nitrogens is 3. The molecular formula is C34H33ClN4OS. The number of hydrogen-bond acceptors (Lipinski definition) is 4. The molecule has 5 aromatic rings. The maximum Gasteiger partial charge on any atom is 0.242 e. The summed E-state index contributed by atoms with van der Waals surface area (Å²) in [6.07, 6.45) is 0. The van der Waals surface area contributed by atoms with Gasteiger partial charge in [-0.15, -0.1) is 10.2 Å². The first-order valence-electron chi connectivity index (χ1n) is 13.5. The van der Waals surface area contributed by atoms with Crippen molar-refractivity contribution in [2.24, 2.45) is 0 Å². The fraction of sp³-hybridized carbons (Fsp3) is 0.206. The Hall–Kier alpha value is -3.87. The third-order valence-corrected chi connectivity index (χ3v) is 8.31. The van der Waals surface area contributed by atoms with Gasteiger partial charge in [-0.25, -0.2) is 0 Å². The fourth-order valence-corrected chi connectivity index (χ4v) is 6.03. The van der Waals surface area contributed by atoms with E-state index >= 15 is 0 Å². The lowest BCUT2D eigenvalue weighted by atomic mass is 9.87. The zero-order valence-electron chi connectivity index (χ0n) is 23.9. The van der Waals surface area contributed by atoms with E-state index in [4.69, 9.17) is 11.6 Å². The number of para-hydroxylation sites is 1. The van der Waals surface area contributed by atoms with E-state index in [-0.39, 0.29) is 11.3 Å². The molecule has 0 spiro atoms. The van der Waals surface area contributed by atoms with E-state index < -0.39 is 5.25 Å². The van der Waals surface area contributed by atoms with Crippen molar-refractivity contribution in [3.8, 4) is 17.1 Å². The van der Waals surface area contributed by atoms with Gasteiger partial charge in [-0.1, -0.05) is 117 Å². The lowest BCUT2D eigenvalue weighted by Crippen LogP contribution is -2.19. The maximum absolute atomic E-state index is 13.8. The topological polar surface area (TPSA) is 59.8 Å². The Morgan fingerprint density at radius 3 is 2.12 bits per heavy atom. The molecule has 1 aromatic heterocycles. The summed E-state index contributed by atoms with van der Waals surface area (Å²) in [6, 6.07) is 31.8. The largest absolute Gasteiger partial charge is 0.325 e. The summed E-state index contributed by atoms with van der Waals surface area (Å²) < 4.78 is 1.94. The van der Waals surface area contributed by atoms with Crippen LogP contribution in [0, 0.1) is 13.8 Å². The molecule has 0 saturated carbocycles. The summed E-state index contributed by atoms with van der Waals surface area (Å²) in [5, 5.41) is 12.9. The second-order valence-electron chi connectivity index (χ2n) is 11.2. The van der Waals surface area contributed by atoms with Crippen LogP contribution in [0.3, 0.4) is 0 Å². The van der Waals surface area contributed by atoms with E-state index in [9.17, 15) is 4.79 Å². The normalized spacial score (nSPS) is 12.2. The molecule has 1 heterocycles. The van der Waals surface area contributed by atoms with Crippen LogP contribution in [0.1, 0.15) is 48.3 Å². The van der Waals surface area contributed by atoms with Crippen LogP contribution in [0.2, 0.25) is 5.02 Å². The van der Waals surface area contributed by atoms with Gasteiger partial charge in [0.25, 0.3) is 0 Å². The maximum atomic E-state index is 13.8. The van der Waals surface area contributed by atoms with Gasteiger partial charge in [-0.05, 0) is 65.8 Å². The van der Waals surface area contributed by atoms with Crippen LogP contribution in [0.5, 0.6) is 0 Å². The number of anilines is 1. The Morgan fingerprint density at radius 1 is 0.854 bits per heavy atom. The molecule has 4 aromatic carbocycles. The number of aryl methyl sites for hydroxylation is 2. The van der Waals surface area contributed by atoms with Crippen LogP contribution in [0.4, 0.5) is 5.69 Å². The molecule has 1 amide bonds. The number of carbonyl (C=O) groups is 1. The average Bonchev–Trinajstić information content (AvgIpc) is 3.34. The molecule has 7 heteroatoms. The van der Waals surface area contributed by atoms with E-state index in [1.807, 2.05) is 85.1 Å². The van der Waals surface area contributed by atoms with Gasteiger partial charge in [0.15, 0.2) is 11.0 Å². The quantitative estimate of drug-likeness (QED) is 0.195. The van der Waals surface area contributed by atoms with Crippen molar-refractivity contribution in [1.82, 2.24) is 14.8 Å². The Bertz CT molecular complexity index is 1650. The van der Waals surface area contributed by atoms with Crippen molar-refractivity contribution in [3.05, 3.63) is 124 Å². The lowest BCUT2D eigenvalue weighted by Gasteiger charge is -2.20. The van der Waals surface area contributed by atoms with Gasteiger partial charge < -0.3 is 5.32 Å². The van der Waals surface area contributed by atoms with Crippen LogP contribution < -0.4 is 5.32 Å². The van der Waals surface area contributed by atoms with E-state index in [0.717, 1.165) is 33.6 Å². The molecule has 0 aliphatic heterocycles. The Balaban J connectivity index is 1.58. The number of hydrogen-bond donors (Lipinski definition) is 1. The van der Waals surface area contributed by atoms with Gasteiger partial charge in [0.2, 0.25) is 5.91 Å². The standard InChI is InChI=1S/C34H33ClN4OS/c1-22-19-23(2)21-27(20-22)36-32(40)30(24-11-7-6-8-12-24)41-33-38-37-31(39(33)29-14-10-9-13-28(29)35)25-15-17-26(18-16-25)34(3,4)5/h6-21,30H,1-5H3,(H,36,40). The number of amides is 1. The number of rotatable bonds is 7. The highest BCUT2D eigenvalue weighted by molar-refractivity contribution is 8.00. The second-order valence-corrected chi connectivity index (χ2v) is 12.7.